The summed E-state index contributed by atoms with van der Waals surface area (Å²) >= 11 is 0. The van der Waals surface area contributed by atoms with Crippen LogP contribution in [0.4, 0.5) is 15.8 Å². The third-order valence-corrected chi connectivity index (χ3v) is 5.19. The molecule has 150 valence electrons. The Balaban J connectivity index is 1.52. The van der Waals surface area contributed by atoms with Crippen LogP contribution in [0.25, 0.3) is 27.8 Å². The Kier molecular flexibility index (Phi) is 4.49. The molecule has 0 amide bonds. The van der Waals surface area contributed by atoms with Gasteiger partial charge in [0, 0.05) is 22.5 Å². The molecule has 2 aromatic heterocycles. The van der Waals surface area contributed by atoms with Gasteiger partial charge in [-0.1, -0.05) is 18.2 Å². The van der Waals surface area contributed by atoms with Gasteiger partial charge in [-0.25, -0.2) is 9.07 Å². The summed E-state index contributed by atoms with van der Waals surface area (Å²) in [5, 5.41) is 18.5. The number of anilines is 2. The van der Waals surface area contributed by atoms with Crippen LogP contribution in [0.2, 0.25) is 0 Å². The minimum Gasteiger partial charge on any atom is -0.359 e. The second kappa shape index (κ2) is 7.47. The van der Waals surface area contributed by atoms with Crippen LogP contribution in [0.15, 0.2) is 78.9 Å². The van der Waals surface area contributed by atoms with Crippen LogP contribution in [0.5, 0.6) is 0 Å². The lowest BCUT2D eigenvalue weighted by atomic mass is 10.1. The van der Waals surface area contributed by atoms with E-state index in [0.717, 1.165) is 33.7 Å². The average molecular weight is 407 g/mol. The molecule has 0 spiro atoms. The number of aromatic amines is 1. The van der Waals surface area contributed by atoms with E-state index in [-0.39, 0.29) is 5.82 Å². The number of H-pyrrole nitrogens is 1. The topological polar surface area (TPSA) is 69.4 Å². The van der Waals surface area contributed by atoms with Gasteiger partial charge in [0.15, 0.2) is 5.69 Å². The van der Waals surface area contributed by atoms with Gasteiger partial charge in [-0.2, -0.15) is 10.4 Å². The van der Waals surface area contributed by atoms with Gasteiger partial charge in [-0.15, -0.1) is 0 Å². The Bertz CT molecular complexity index is 1420. The fourth-order valence-corrected chi connectivity index (χ4v) is 3.65. The maximum atomic E-state index is 13.3. The minimum absolute atomic E-state index is 0.334. The molecule has 31 heavy (non-hydrogen) atoms. The average Bonchev–Trinajstić information content (AvgIpc) is 3.39. The summed E-state index contributed by atoms with van der Waals surface area (Å²) < 4.78 is 14.9. The van der Waals surface area contributed by atoms with Gasteiger partial charge >= 0.3 is 0 Å². The first-order valence-corrected chi connectivity index (χ1v) is 9.83. The van der Waals surface area contributed by atoms with Crippen molar-refractivity contribution in [3.63, 3.8) is 0 Å². The first kappa shape index (κ1) is 18.6. The van der Waals surface area contributed by atoms with Crippen molar-refractivity contribution in [3.8, 4) is 23.0 Å². The molecule has 5 aromatic rings. The maximum Gasteiger partial charge on any atom is 0.152 e. The van der Waals surface area contributed by atoms with Crippen molar-refractivity contribution >= 4 is 22.3 Å². The lowest BCUT2D eigenvalue weighted by molar-refractivity contribution is 0.627. The van der Waals surface area contributed by atoms with Gasteiger partial charge in [0.05, 0.1) is 11.4 Å². The summed E-state index contributed by atoms with van der Waals surface area (Å²) in [6.45, 7) is 2.03. The third-order valence-electron chi connectivity index (χ3n) is 5.19. The Labute approximate surface area is 178 Å². The molecule has 0 aliphatic rings. The Morgan fingerprint density at radius 3 is 2.42 bits per heavy atom. The Morgan fingerprint density at radius 2 is 1.74 bits per heavy atom. The number of hydrogen-bond donors (Lipinski definition) is 2. The molecular formula is C25H18FN5. The van der Waals surface area contributed by atoms with E-state index in [9.17, 15) is 9.65 Å². The third kappa shape index (κ3) is 3.43. The predicted molar refractivity (Wildman–Crippen MR) is 120 cm³/mol. The highest BCUT2D eigenvalue weighted by atomic mass is 19.1. The van der Waals surface area contributed by atoms with Crippen LogP contribution in [0, 0.1) is 24.1 Å². The number of aromatic nitrogens is 3. The van der Waals surface area contributed by atoms with E-state index < -0.39 is 0 Å². The quantitative estimate of drug-likeness (QED) is 0.379. The first-order chi connectivity index (χ1) is 15.1. The zero-order valence-electron chi connectivity index (χ0n) is 16.7. The van der Waals surface area contributed by atoms with Crippen molar-refractivity contribution in [3.05, 3.63) is 96.1 Å². The van der Waals surface area contributed by atoms with Crippen molar-refractivity contribution in [2.45, 2.75) is 6.92 Å². The Hall–Kier alpha value is -4.37. The molecule has 0 saturated heterocycles. The van der Waals surface area contributed by atoms with Crippen molar-refractivity contribution in [2.24, 2.45) is 0 Å². The zero-order valence-corrected chi connectivity index (χ0v) is 16.7. The number of fused-ring (bicyclic) bond motifs is 1. The Morgan fingerprint density at radius 1 is 0.968 bits per heavy atom. The van der Waals surface area contributed by atoms with Gasteiger partial charge in [-0.3, -0.25) is 0 Å². The highest BCUT2D eigenvalue weighted by Gasteiger charge is 2.15. The highest BCUT2D eigenvalue weighted by Crippen LogP contribution is 2.30. The van der Waals surface area contributed by atoms with Gasteiger partial charge < -0.3 is 10.3 Å². The lowest BCUT2D eigenvalue weighted by Crippen LogP contribution is -1.99. The van der Waals surface area contributed by atoms with E-state index in [1.807, 2.05) is 55.5 Å². The van der Waals surface area contributed by atoms with E-state index in [1.165, 1.54) is 12.1 Å². The number of nitrogens with zero attached hydrogens (tertiary/aromatic N) is 3. The molecule has 0 unspecified atom stereocenters. The standard InChI is InChI=1S/C25H18FN5/c1-16-5-14-22(28-16)17-6-10-19(11-7-17)29-23-4-2-3-21-24(15-27)31(30-25(21)23)20-12-8-18(26)9-13-20/h2-14,28-29H,1H3. The molecule has 0 aliphatic carbocycles. The lowest BCUT2D eigenvalue weighted by Gasteiger charge is -2.08. The highest BCUT2D eigenvalue weighted by molar-refractivity contribution is 5.95. The van der Waals surface area contributed by atoms with Crippen molar-refractivity contribution in [2.75, 3.05) is 5.32 Å². The fourth-order valence-electron chi connectivity index (χ4n) is 3.65. The molecule has 2 heterocycles. The summed E-state index contributed by atoms with van der Waals surface area (Å²) in [4.78, 5) is 3.33. The second-order valence-electron chi connectivity index (χ2n) is 7.31. The predicted octanol–water partition coefficient (Wildman–Crippen LogP) is 6.08. The molecule has 5 rings (SSSR count). The first-order valence-electron chi connectivity index (χ1n) is 9.83. The number of hydrogen-bond acceptors (Lipinski definition) is 3. The summed E-state index contributed by atoms with van der Waals surface area (Å²) in [7, 11) is 0. The number of halogens is 1. The van der Waals surface area contributed by atoms with Gasteiger partial charge in [0.1, 0.15) is 17.4 Å². The summed E-state index contributed by atoms with van der Waals surface area (Å²) in [5.74, 6) is -0.334. The molecule has 0 fully saturated rings. The smallest absolute Gasteiger partial charge is 0.152 e. The van der Waals surface area contributed by atoms with Crippen LogP contribution < -0.4 is 5.32 Å². The van der Waals surface area contributed by atoms with E-state index in [0.29, 0.717) is 16.9 Å². The van der Waals surface area contributed by atoms with Crippen LogP contribution >= 0.6 is 0 Å². The molecule has 6 heteroatoms. The van der Waals surface area contributed by atoms with Crippen LogP contribution in [-0.4, -0.2) is 14.8 Å². The fraction of sp³-hybridized carbons (Fsp3) is 0.0400. The molecule has 3 aromatic carbocycles. The molecule has 0 radical (unpaired) electrons. The monoisotopic (exact) mass is 407 g/mol. The second-order valence-corrected chi connectivity index (χ2v) is 7.31. The maximum absolute atomic E-state index is 13.3. The SMILES string of the molecule is Cc1ccc(-c2ccc(Nc3cccc4c(C#N)n(-c5ccc(F)cc5)nc34)cc2)[nH]1. The molecule has 5 nitrogen and oxygen atoms in total. The van der Waals surface area contributed by atoms with Crippen LogP contribution in [0.1, 0.15) is 11.4 Å². The molecule has 0 saturated carbocycles. The van der Waals surface area contributed by atoms with Crippen LogP contribution in [-0.2, 0) is 0 Å². The molecule has 0 atom stereocenters. The normalized spacial score (nSPS) is 10.9. The van der Waals surface area contributed by atoms with Gasteiger partial charge in [0.25, 0.3) is 0 Å². The van der Waals surface area contributed by atoms with Crippen molar-refractivity contribution in [1.29, 1.82) is 5.26 Å². The van der Waals surface area contributed by atoms with Crippen molar-refractivity contribution < 1.29 is 4.39 Å². The number of rotatable bonds is 4. The molecular weight excluding hydrogens is 389 g/mol. The van der Waals surface area contributed by atoms with Gasteiger partial charge in [-0.05, 0) is 73.2 Å². The number of nitrogens with one attached hydrogen (secondary N) is 2. The summed E-state index contributed by atoms with van der Waals surface area (Å²) in [6.07, 6.45) is 0. The summed E-state index contributed by atoms with van der Waals surface area (Å²) in [6, 6.07) is 26.0. The van der Waals surface area contributed by atoms with Crippen molar-refractivity contribution in [1.82, 2.24) is 14.8 Å². The molecule has 0 bridgehead atoms. The molecule has 2 N–H and O–H groups in total. The van der Waals surface area contributed by atoms with E-state index in [1.54, 1.807) is 16.8 Å². The van der Waals surface area contributed by atoms with E-state index in [4.69, 9.17) is 0 Å². The summed E-state index contributed by atoms with van der Waals surface area (Å²) in [5.41, 5.74) is 6.70. The van der Waals surface area contributed by atoms with Crippen LogP contribution in [0.3, 0.4) is 0 Å². The van der Waals surface area contributed by atoms with E-state index >= 15 is 0 Å². The van der Waals surface area contributed by atoms with Gasteiger partial charge in [0.2, 0.25) is 0 Å². The largest absolute Gasteiger partial charge is 0.359 e. The van der Waals surface area contributed by atoms with E-state index in [2.05, 4.69) is 27.5 Å². The number of nitriles is 1. The number of benzene rings is 3. The minimum atomic E-state index is -0.334. The molecule has 0 aliphatic heterocycles. The number of aryl methyl sites for hydroxylation is 1. The zero-order chi connectivity index (χ0) is 21.4.